The minimum atomic E-state index is -0.279. The minimum absolute atomic E-state index is 0.161. The molecule has 0 aliphatic rings. The largest absolute Gasteiger partial charge is 0.323 e. The van der Waals surface area contributed by atoms with E-state index in [-0.39, 0.29) is 16.7 Å². The molecule has 94 valence electrons. The minimum Gasteiger partial charge on any atom is -0.323 e. The zero-order chi connectivity index (χ0) is 13.2. The molecule has 0 fully saturated rings. The molecule has 0 heterocycles. The molecule has 0 saturated heterocycles. The highest BCUT2D eigenvalue weighted by Crippen LogP contribution is 2.34. The number of carbonyl (C=O) groups excluding carboxylic acids is 1. The van der Waals surface area contributed by atoms with E-state index >= 15 is 0 Å². The van der Waals surface area contributed by atoms with E-state index in [9.17, 15) is 4.79 Å². The number of halogens is 4. The molecule has 17 heavy (non-hydrogen) atoms. The molecule has 6 heteroatoms. The predicted molar refractivity (Wildman–Crippen MR) is 80.3 cm³/mol. The lowest BCUT2D eigenvalue weighted by atomic mass is 10.1. The van der Waals surface area contributed by atoms with Crippen LogP contribution in [0.4, 0.5) is 5.69 Å². The van der Waals surface area contributed by atoms with E-state index in [4.69, 9.17) is 23.2 Å². The maximum atomic E-state index is 11.9. The summed E-state index contributed by atoms with van der Waals surface area (Å²) in [5.74, 6) is 0.0223. The number of hydrogen-bond donors (Lipinski definition) is 1. The highest BCUT2D eigenvalue weighted by atomic mass is 79.9. The van der Waals surface area contributed by atoms with Crippen LogP contribution in [-0.4, -0.2) is 10.7 Å². The second-order valence-electron chi connectivity index (χ2n) is 3.88. The summed E-state index contributed by atoms with van der Waals surface area (Å²) in [4.78, 5) is 11.6. The summed E-state index contributed by atoms with van der Waals surface area (Å²) in [5.41, 5.74) is 0.437. The standard InChI is InChI=1S/C11H11Br2Cl2NO/c1-5(2)9(13)11(17)16-10-7(14)3-6(12)4-8(10)15/h3-5,9H,1-2H3,(H,16,17). The van der Waals surface area contributed by atoms with Gasteiger partial charge in [0, 0.05) is 4.47 Å². The van der Waals surface area contributed by atoms with Gasteiger partial charge >= 0.3 is 0 Å². The molecule has 2 nitrogen and oxygen atoms in total. The van der Waals surface area contributed by atoms with Crippen molar-refractivity contribution in [1.29, 1.82) is 0 Å². The average molecular weight is 404 g/mol. The van der Waals surface area contributed by atoms with E-state index in [0.717, 1.165) is 4.47 Å². The molecule has 0 spiro atoms. The summed E-state index contributed by atoms with van der Waals surface area (Å²) in [7, 11) is 0. The van der Waals surface area contributed by atoms with Gasteiger partial charge in [-0.3, -0.25) is 4.79 Å². The van der Waals surface area contributed by atoms with Crippen LogP contribution in [0.5, 0.6) is 0 Å². The number of alkyl halides is 1. The second-order valence-corrected chi connectivity index (χ2v) is 6.60. The number of rotatable bonds is 3. The molecule has 1 N–H and O–H groups in total. The van der Waals surface area contributed by atoms with Gasteiger partial charge in [0.1, 0.15) is 0 Å². The molecule has 1 aromatic carbocycles. The van der Waals surface area contributed by atoms with Crippen LogP contribution in [0.1, 0.15) is 13.8 Å². The first-order valence-electron chi connectivity index (χ1n) is 4.92. The summed E-state index contributed by atoms with van der Waals surface area (Å²) in [6.45, 7) is 3.90. The predicted octanol–water partition coefficient (Wildman–Crippen LogP) is 5.11. The maximum Gasteiger partial charge on any atom is 0.238 e. The highest BCUT2D eigenvalue weighted by molar-refractivity contribution is 9.10. The van der Waals surface area contributed by atoms with Crippen molar-refractivity contribution >= 4 is 66.7 Å². The van der Waals surface area contributed by atoms with Gasteiger partial charge in [-0.25, -0.2) is 0 Å². The van der Waals surface area contributed by atoms with Gasteiger partial charge in [0.15, 0.2) is 0 Å². The summed E-state index contributed by atoms with van der Waals surface area (Å²) in [5, 5.41) is 3.52. The van der Waals surface area contributed by atoms with Gasteiger partial charge in [0.2, 0.25) is 5.91 Å². The topological polar surface area (TPSA) is 29.1 Å². The number of hydrogen-bond acceptors (Lipinski definition) is 1. The molecule has 0 saturated carbocycles. The zero-order valence-electron chi connectivity index (χ0n) is 9.23. The Labute approximate surface area is 127 Å². The van der Waals surface area contributed by atoms with E-state index in [1.807, 2.05) is 13.8 Å². The van der Waals surface area contributed by atoms with Gasteiger partial charge in [0.05, 0.1) is 20.6 Å². The van der Waals surface area contributed by atoms with Gasteiger partial charge in [-0.05, 0) is 18.1 Å². The van der Waals surface area contributed by atoms with Gasteiger partial charge in [-0.2, -0.15) is 0 Å². The fraction of sp³-hybridized carbons (Fsp3) is 0.364. The van der Waals surface area contributed by atoms with Crippen LogP contribution in [-0.2, 0) is 4.79 Å². The third-order valence-electron chi connectivity index (χ3n) is 2.09. The fourth-order valence-corrected chi connectivity index (χ4v) is 2.57. The van der Waals surface area contributed by atoms with E-state index in [1.165, 1.54) is 0 Å². The molecule has 1 amide bonds. The normalized spacial score (nSPS) is 12.6. The van der Waals surface area contributed by atoms with Crippen LogP contribution in [0.15, 0.2) is 16.6 Å². The van der Waals surface area contributed by atoms with Crippen LogP contribution in [0.2, 0.25) is 10.0 Å². The molecule has 1 aromatic rings. The average Bonchev–Trinajstić information content (AvgIpc) is 2.21. The first kappa shape index (κ1) is 15.3. The van der Waals surface area contributed by atoms with Crippen molar-refractivity contribution in [2.45, 2.75) is 18.7 Å². The third-order valence-corrected chi connectivity index (χ3v) is 4.62. The SMILES string of the molecule is CC(C)C(Br)C(=O)Nc1c(Cl)cc(Br)cc1Cl. The molecule has 0 radical (unpaired) electrons. The quantitative estimate of drug-likeness (QED) is 0.698. The lowest BCUT2D eigenvalue weighted by Crippen LogP contribution is -2.27. The van der Waals surface area contributed by atoms with Crippen molar-refractivity contribution in [3.05, 3.63) is 26.7 Å². The van der Waals surface area contributed by atoms with E-state index in [2.05, 4.69) is 37.2 Å². The Kier molecular flexibility index (Phi) is 5.77. The Bertz CT molecular complexity index is 414. The number of benzene rings is 1. The van der Waals surface area contributed by atoms with Gasteiger partial charge in [-0.1, -0.05) is 68.9 Å². The van der Waals surface area contributed by atoms with Crippen LogP contribution in [0.3, 0.4) is 0 Å². The van der Waals surface area contributed by atoms with Crippen molar-refractivity contribution in [2.75, 3.05) is 5.32 Å². The molecule has 0 aliphatic carbocycles. The van der Waals surface area contributed by atoms with Crippen molar-refractivity contribution in [2.24, 2.45) is 5.92 Å². The van der Waals surface area contributed by atoms with Gasteiger partial charge in [0.25, 0.3) is 0 Å². The maximum absolute atomic E-state index is 11.9. The smallest absolute Gasteiger partial charge is 0.238 e. The fourth-order valence-electron chi connectivity index (χ4n) is 1.16. The van der Waals surface area contributed by atoms with Crippen molar-refractivity contribution in [3.8, 4) is 0 Å². The molecule has 1 unspecified atom stereocenters. The van der Waals surface area contributed by atoms with Crippen LogP contribution in [0.25, 0.3) is 0 Å². The van der Waals surface area contributed by atoms with Crippen LogP contribution >= 0.6 is 55.1 Å². The van der Waals surface area contributed by atoms with Crippen LogP contribution < -0.4 is 5.32 Å². The number of amides is 1. The lowest BCUT2D eigenvalue weighted by molar-refractivity contribution is -0.116. The first-order valence-corrected chi connectivity index (χ1v) is 7.39. The third kappa shape index (κ3) is 4.12. The van der Waals surface area contributed by atoms with Crippen LogP contribution in [0, 0.1) is 5.92 Å². The van der Waals surface area contributed by atoms with E-state index in [1.54, 1.807) is 12.1 Å². The van der Waals surface area contributed by atoms with E-state index < -0.39 is 0 Å². The second kappa shape index (κ2) is 6.41. The summed E-state index contributed by atoms with van der Waals surface area (Å²) in [6, 6.07) is 3.36. The number of anilines is 1. The summed E-state index contributed by atoms with van der Waals surface area (Å²) in [6.07, 6.45) is 0. The monoisotopic (exact) mass is 401 g/mol. The first-order chi connectivity index (χ1) is 7.82. The number of carbonyl (C=O) groups is 1. The van der Waals surface area contributed by atoms with Crippen molar-refractivity contribution < 1.29 is 4.79 Å². The number of nitrogens with one attached hydrogen (secondary N) is 1. The molecule has 1 rings (SSSR count). The Morgan fingerprint density at radius 3 is 2.18 bits per heavy atom. The summed E-state index contributed by atoms with van der Waals surface area (Å²) < 4.78 is 0.768. The molecule has 1 atom stereocenters. The Hall–Kier alpha value is 0.230. The highest BCUT2D eigenvalue weighted by Gasteiger charge is 2.20. The Morgan fingerprint density at radius 1 is 1.29 bits per heavy atom. The molecule has 0 bridgehead atoms. The lowest BCUT2D eigenvalue weighted by Gasteiger charge is -2.15. The Morgan fingerprint density at radius 2 is 1.76 bits per heavy atom. The molecular formula is C11H11Br2Cl2NO. The van der Waals surface area contributed by atoms with E-state index in [0.29, 0.717) is 15.7 Å². The zero-order valence-corrected chi connectivity index (χ0v) is 13.9. The molecule has 0 aromatic heterocycles. The Balaban J connectivity index is 2.93. The van der Waals surface area contributed by atoms with Gasteiger partial charge in [-0.15, -0.1) is 0 Å². The van der Waals surface area contributed by atoms with Gasteiger partial charge < -0.3 is 5.32 Å². The summed E-state index contributed by atoms with van der Waals surface area (Å²) >= 11 is 18.6. The molecule has 0 aliphatic heterocycles. The molecular weight excluding hydrogens is 393 g/mol. The van der Waals surface area contributed by atoms with Crippen molar-refractivity contribution in [1.82, 2.24) is 0 Å². The van der Waals surface area contributed by atoms with Crippen molar-refractivity contribution in [3.63, 3.8) is 0 Å².